The van der Waals surface area contributed by atoms with Gasteiger partial charge in [0.2, 0.25) is 0 Å². The van der Waals surface area contributed by atoms with Gasteiger partial charge in [0.1, 0.15) is 17.1 Å². The number of halogens is 2. The minimum atomic E-state index is -2.86. The van der Waals surface area contributed by atoms with E-state index in [4.69, 9.17) is 0 Å². The predicted octanol–water partition coefficient (Wildman–Crippen LogP) is 4.64. The Morgan fingerprint density at radius 2 is 1.81 bits per heavy atom. The summed E-state index contributed by atoms with van der Waals surface area (Å²) in [6.07, 6.45) is 3.09. The lowest BCUT2D eigenvalue weighted by molar-refractivity contribution is 0.0449. The van der Waals surface area contributed by atoms with Crippen molar-refractivity contribution in [2.24, 2.45) is 0 Å². The number of carbonyl (C=O) groups is 2. The first-order valence-corrected chi connectivity index (χ1v) is 11.9. The molecule has 190 valence electrons. The van der Waals surface area contributed by atoms with Crippen molar-refractivity contribution >= 4 is 17.5 Å². The van der Waals surface area contributed by atoms with Crippen LogP contribution in [0.2, 0.25) is 0 Å². The number of likely N-dealkylation sites (tertiary alicyclic amines) is 1. The van der Waals surface area contributed by atoms with Gasteiger partial charge < -0.3 is 10.2 Å². The Balaban J connectivity index is 1.17. The molecule has 1 aliphatic heterocycles. The zero-order valence-electron chi connectivity index (χ0n) is 20.1. The number of carbonyl (C=O) groups excluding carboxylic acids is 2. The first kappa shape index (κ1) is 24.3. The second kappa shape index (κ2) is 10.3. The second-order valence-electron chi connectivity index (χ2n) is 8.92. The van der Waals surface area contributed by atoms with E-state index in [1.165, 1.54) is 6.07 Å². The van der Waals surface area contributed by atoms with Gasteiger partial charge in [0, 0.05) is 25.0 Å². The van der Waals surface area contributed by atoms with Crippen molar-refractivity contribution in [1.82, 2.24) is 29.9 Å². The molecule has 0 saturated carbocycles. The van der Waals surface area contributed by atoms with E-state index in [9.17, 15) is 18.4 Å². The van der Waals surface area contributed by atoms with E-state index in [2.05, 4.69) is 25.6 Å². The molecular formula is C26H25F2N7O2. The number of benzene rings is 1. The Morgan fingerprint density at radius 1 is 1.05 bits per heavy atom. The fourth-order valence-electron chi connectivity index (χ4n) is 4.52. The maximum Gasteiger partial charge on any atom is 0.333 e. The zero-order chi connectivity index (χ0) is 25.9. The van der Waals surface area contributed by atoms with Gasteiger partial charge in [0.25, 0.3) is 11.8 Å². The summed E-state index contributed by atoms with van der Waals surface area (Å²) in [5.74, 6) is -0.515. The number of alkyl halides is 2. The summed E-state index contributed by atoms with van der Waals surface area (Å²) in [4.78, 5) is 31.3. The lowest BCUT2D eigenvalue weighted by Crippen LogP contribution is -2.39. The van der Waals surface area contributed by atoms with Crippen LogP contribution in [-0.2, 0) is 0 Å². The summed E-state index contributed by atoms with van der Waals surface area (Å²) < 4.78 is 26.9. The normalized spacial score (nSPS) is 14.2. The number of piperidine rings is 1. The molecule has 2 N–H and O–H groups in total. The summed E-state index contributed by atoms with van der Waals surface area (Å²) in [6.45, 7) is -0.343. The van der Waals surface area contributed by atoms with Crippen molar-refractivity contribution < 1.29 is 18.4 Å². The van der Waals surface area contributed by atoms with E-state index in [0.717, 1.165) is 5.56 Å². The first-order valence-electron chi connectivity index (χ1n) is 11.9. The maximum absolute atomic E-state index is 13.2. The molecule has 0 bridgehead atoms. The Hall–Kier alpha value is -4.41. The average Bonchev–Trinajstić information content (AvgIpc) is 3.57. The van der Waals surface area contributed by atoms with E-state index >= 15 is 0 Å². The lowest BCUT2D eigenvalue weighted by Gasteiger charge is -2.32. The van der Waals surface area contributed by atoms with Crippen LogP contribution >= 0.6 is 0 Å². The SMILES string of the molecule is Cc1cc(C(=O)N2CCC(c3ccc(NC(=O)c4cc(-c5ccccn5)n[nH]4)cc3)CC2)n(C(F)F)n1. The van der Waals surface area contributed by atoms with Crippen LogP contribution in [-0.4, -0.2) is 54.8 Å². The maximum atomic E-state index is 13.2. The molecule has 1 aliphatic rings. The summed E-state index contributed by atoms with van der Waals surface area (Å²) in [7, 11) is 0. The van der Waals surface area contributed by atoms with Gasteiger partial charge in [-0.3, -0.25) is 19.7 Å². The fraction of sp³-hybridized carbons (Fsp3) is 0.269. The minimum absolute atomic E-state index is 0.0875. The third kappa shape index (κ3) is 5.25. The molecule has 0 atom stereocenters. The van der Waals surface area contributed by atoms with Gasteiger partial charge in [0.05, 0.1) is 11.4 Å². The third-order valence-electron chi connectivity index (χ3n) is 6.43. The largest absolute Gasteiger partial charge is 0.337 e. The van der Waals surface area contributed by atoms with Crippen molar-refractivity contribution in [2.75, 3.05) is 18.4 Å². The molecule has 0 aliphatic carbocycles. The number of pyridine rings is 1. The number of rotatable bonds is 6. The number of aryl methyl sites for hydroxylation is 1. The lowest BCUT2D eigenvalue weighted by atomic mass is 9.89. The zero-order valence-corrected chi connectivity index (χ0v) is 20.1. The van der Waals surface area contributed by atoms with E-state index in [-0.39, 0.29) is 17.5 Å². The van der Waals surface area contributed by atoms with E-state index in [1.807, 2.05) is 42.5 Å². The topological polar surface area (TPSA) is 109 Å². The number of amides is 2. The molecule has 2 amide bonds. The highest BCUT2D eigenvalue weighted by atomic mass is 19.3. The van der Waals surface area contributed by atoms with Crippen LogP contribution in [0.3, 0.4) is 0 Å². The molecule has 1 aromatic carbocycles. The Morgan fingerprint density at radius 3 is 2.49 bits per heavy atom. The minimum Gasteiger partial charge on any atom is -0.337 e. The average molecular weight is 506 g/mol. The number of hydrogen-bond acceptors (Lipinski definition) is 5. The Kier molecular flexibility index (Phi) is 6.76. The van der Waals surface area contributed by atoms with Gasteiger partial charge in [-0.15, -0.1) is 0 Å². The molecule has 1 saturated heterocycles. The molecule has 37 heavy (non-hydrogen) atoms. The number of H-pyrrole nitrogens is 1. The molecule has 0 spiro atoms. The second-order valence-corrected chi connectivity index (χ2v) is 8.92. The molecule has 4 aromatic rings. The van der Waals surface area contributed by atoms with Crippen molar-refractivity contribution in [1.29, 1.82) is 0 Å². The van der Waals surface area contributed by atoms with Crippen LogP contribution < -0.4 is 5.32 Å². The van der Waals surface area contributed by atoms with Crippen molar-refractivity contribution in [3.8, 4) is 11.4 Å². The standard InChI is InChI=1S/C26H25F2N7O2/c1-16-14-23(35(33-16)26(27)28)25(37)34-12-9-18(10-13-34)17-5-7-19(8-6-17)30-24(36)22-15-21(31-32-22)20-4-2-3-11-29-20/h2-8,11,14-15,18,26H,9-10,12-13H2,1H3,(H,30,36)(H,31,32). The number of hydrogen-bond donors (Lipinski definition) is 2. The van der Waals surface area contributed by atoms with Crippen LogP contribution in [0.5, 0.6) is 0 Å². The number of anilines is 1. The van der Waals surface area contributed by atoms with Crippen molar-refractivity contribution in [3.05, 3.63) is 83.4 Å². The van der Waals surface area contributed by atoms with Crippen LogP contribution in [0.4, 0.5) is 14.5 Å². The molecule has 0 unspecified atom stereocenters. The highest BCUT2D eigenvalue weighted by Crippen LogP contribution is 2.30. The summed E-state index contributed by atoms with van der Waals surface area (Å²) in [5.41, 5.74) is 3.61. The fourth-order valence-corrected chi connectivity index (χ4v) is 4.52. The van der Waals surface area contributed by atoms with Crippen LogP contribution in [0.1, 0.15) is 57.5 Å². The first-order chi connectivity index (χ1) is 17.9. The molecule has 11 heteroatoms. The van der Waals surface area contributed by atoms with Crippen LogP contribution in [0.25, 0.3) is 11.4 Å². The van der Waals surface area contributed by atoms with Gasteiger partial charge in [-0.1, -0.05) is 18.2 Å². The number of nitrogens with one attached hydrogen (secondary N) is 2. The molecule has 9 nitrogen and oxygen atoms in total. The number of aromatic nitrogens is 5. The molecule has 0 radical (unpaired) electrons. The molecule has 5 rings (SSSR count). The monoisotopic (exact) mass is 505 g/mol. The van der Waals surface area contributed by atoms with Gasteiger partial charge in [-0.25, -0.2) is 0 Å². The van der Waals surface area contributed by atoms with E-state index < -0.39 is 12.5 Å². The third-order valence-corrected chi connectivity index (χ3v) is 6.43. The molecule has 1 fully saturated rings. The molecular weight excluding hydrogens is 480 g/mol. The molecule has 3 aromatic heterocycles. The number of nitrogens with zero attached hydrogens (tertiary/aromatic N) is 5. The summed E-state index contributed by atoms with van der Waals surface area (Å²) in [5, 5.41) is 13.5. The molecule has 4 heterocycles. The quantitative estimate of drug-likeness (QED) is 0.397. The Bertz CT molecular complexity index is 1390. The predicted molar refractivity (Wildman–Crippen MR) is 132 cm³/mol. The van der Waals surface area contributed by atoms with Gasteiger partial charge >= 0.3 is 6.55 Å². The van der Waals surface area contributed by atoms with Crippen molar-refractivity contribution in [2.45, 2.75) is 32.2 Å². The van der Waals surface area contributed by atoms with Crippen molar-refractivity contribution in [3.63, 3.8) is 0 Å². The van der Waals surface area contributed by atoms with Crippen LogP contribution in [0.15, 0.2) is 60.8 Å². The summed E-state index contributed by atoms with van der Waals surface area (Å²) >= 11 is 0. The van der Waals surface area contributed by atoms with E-state index in [0.29, 0.717) is 59.1 Å². The highest BCUT2D eigenvalue weighted by Gasteiger charge is 2.28. The highest BCUT2D eigenvalue weighted by molar-refractivity contribution is 6.03. The van der Waals surface area contributed by atoms with Gasteiger partial charge in [0.15, 0.2) is 0 Å². The van der Waals surface area contributed by atoms with Gasteiger partial charge in [-0.2, -0.15) is 23.7 Å². The summed E-state index contributed by atoms with van der Waals surface area (Å²) in [6, 6.07) is 16.1. The van der Waals surface area contributed by atoms with E-state index in [1.54, 1.807) is 24.1 Å². The Labute approximate surface area is 211 Å². The van der Waals surface area contributed by atoms with Crippen LogP contribution in [0, 0.1) is 6.92 Å². The number of aromatic amines is 1. The van der Waals surface area contributed by atoms with Gasteiger partial charge in [-0.05, 0) is 67.6 Å². The smallest absolute Gasteiger partial charge is 0.333 e.